The van der Waals surface area contributed by atoms with Crippen LogP contribution >= 0.6 is 11.6 Å². The summed E-state index contributed by atoms with van der Waals surface area (Å²) in [6, 6.07) is 6.60. The number of methoxy groups -OCH3 is 1. The normalized spacial score (nSPS) is 25.1. The van der Waals surface area contributed by atoms with Gasteiger partial charge in [-0.25, -0.2) is 0 Å². The lowest BCUT2D eigenvalue weighted by Gasteiger charge is -2.34. The van der Waals surface area contributed by atoms with Crippen LogP contribution in [0.15, 0.2) is 18.2 Å². The molecule has 0 aromatic heterocycles. The van der Waals surface area contributed by atoms with Crippen molar-refractivity contribution in [2.75, 3.05) is 20.2 Å². The molecule has 5 heteroatoms. The molecule has 2 atom stereocenters. The second-order valence-electron chi connectivity index (χ2n) is 6.56. The summed E-state index contributed by atoms with van der Waals surface area (Å²) >= 11 is 6.16. The van der Waals surface area contributed by atoms with E-state index in [1.165, 1.54) is 6.42 Å². The second-order valence-corrected chi connectivity index (χ2v) is 6.99. The third-order valence-electron chi connectivity index (χ3n) is 5.18. The average molecular weight is 337 g/mol. The van der Waals surface area contributed by atoms with Gasteiger partial charge in [-0.05, 0) is 50.4 Å². The molecule has 0 saturated carbocycles. The van der Waals surface area contributed by atoms with Crippen LogP contribution in [0.25, 0.3) is 0 Å². The molecule has 0 unspecified atom stereocenters. The Morgan fingerprint density at radius 3 is 2.74 bits per heavy atom. The third-order valence-corrected chi connectivity index (χ3v) is 5.41. The lowest BCUT2D eigenvalue weighted by Crippen LogP contribution is -2.47. The van der Waals surface area contributed by atoms with Crippen LogP contribution in [0.3, 0.4) is 0 Å². The fourth-order valence-corrected chi connectivity index (χ4v) is 4.35. The molecule has 126 valence electrons. The largest absolute Gasteiger partial charge is 0.496 e. The van der Waals surface area contributed by atoms with Gasteiger partial charge in [0, 0.05) is 42.7 Å². The first-order valence-electron chi connectivity index (χ1n) is 8.44. The number of benzene rings is 1. The highest BCUT2D eigenvalue weighted by Gasteiger charge is 2.38. The molecule has 0 radical (unpaired) electrons. The molecule has 3 rings (SSSR count). The number of ether oxygens (including phenoxy) is 1. The van der Waals surface area contributed by atoms with Gasteiger partial charge >= 0.3 is 0 Å². The van der Waals surface area contributed by atoms with Crippen molar-refractivity contribution in [1.82, 2.24) is 9.80 Å². The van der Waals surface area contributed by atoms with Crippen LogP contribution in [-0.4, -0.2) is 48.0 Å². The van der Waals surface area contributed by atoms with E-state index in [-0.39, 0.29) is 5.91 Å². The molecule has 4 nitrogen and oxygen atoms in total. The van der Waals surface area contributed by atoms with Crippen LogP contribution in [0.1, 0.15) is 38.2 Å². The fraction of sp³-hybridized carbons (Fsp3) is 0.611. The van der Waals surface area contributed by atoms with Crippen LogP contribution in [-0.2, 0) is 11.3 Å². The zero-order valence-corrected chi connectivity index (χ0v) is 14.7. The van der Waals surface area contributed by atoms with Crippen LogP contribution in [0.4, 0.5) is 0 Å². The quantitative estimate of drug-likeness (QED) is 0.845. The molecule has 0 spiro atoms. The van der Waals surface area contributed by atoms with Crippen molar-refractivity contribution < 1.29 is 9.53 Å². The molecule has 2 fully saturated rings. The third kappa shape index (κ3) is 3.48. The minimum absolute atomic E-state index is 0.208. The van der Waals surface area contributed by atoms with Gasteiger partial charge in [-0.1, -0.05) is 11.6 Å². The summed E-state index contributed by atoms with van der Waals surface area (Å²) in [4.78, 5) is 16.5. The maximum Gasteiger partial charge on any atom is 0.219 e. The maximum atomic E-state index is 11.9. The Morgan fingerprint density at radius 1 is 1.26 bits per heavy atom. The second kappa shape index (κ2) is 7.10. The zero-order chi connectivity index (χ0) is 16.4. The van der Waals surface area contributed by atoms with Crippen molar-refractivity contribution in [3.63, 3.8) is 0 Å². The number of rotatable bonds is 4. The molecule has 2 aliphatic rings. The van der Waals surface area contributed by atoms with Crippen molar-refractivity contribution in [2.45, 2.75) is 51.2 Å². The number of carbonyl (C=O) groups excluding carboxylic acids is 1. The first kappa shape index (κ1) is 16.6. The van der Waals surface area contributed by atoms with Crippen molar-refractivity contribution in [3.05, 3.63) is 28.8 Å². The Kier molecular flexibility index (Phi) is 5.12. The highest BCUT2D eigenvalue weighted by atomic mass is 35.5. The highest BCUT2D eigenvalue weighted by Crippen LogP contribution is 2.33. The lowest BCUT2D eigenvalue weighted by molar-refractivity contribution is -0.130. The Morgan fingerprint density at radius 2 is 2.00 bits per heavy atom. The summed E-state index contributed by atoms with van der Waals surface area (Å²) in [5.41, 5.74) is 1.12. The Labute approximate surface area is 143 Å². The van der Waals surface area contributed by atoms with Crippen LogP contribution in [0.5, 0.6) is 5.75 Å². The van der Waals surface area contributed by atoms with E-state index in [4.69, 9.17) is 16.3 Å². The number of hydrogen-bond donors (Lipinski definition) is 0. The lowest BCUT2D eigenvalue weighted by atomic mass is 10.0. The summed E-state index contributed by atoms with van der Waals surface area (Å²) in [5, 5.41) is 0.739. The van der Waals surface area contributed by atoms with Gasteiger partial charge in [-0.15, -0.1) is 0 Å². The first-order valence-corrected chi connectivity index (χ1v) is 8.81. The number of likely N-dealkylation sites (tertiary alicyclic amines) is 2. The number of halogens is 1. The molecule has 0 bridgehead atoms. The predicted octanol–water partition coefficient (Wildman–Crippen LogP) is 3.32. The molecule has 2 saturated heterocycles. The van der Waals surface area contributed by atoms with Crippen molar-refractivity contribution >= 4 is 17.5 Å². The Balaban J connectivity index is 1.77. The smallest absolute Gasteiger partial charge is 0.219 e. The molecular weight excluding hydrogens is 312 g/mol. The van der Waals surface area contributed by atoms with Crippen LogP contribution in [0, 0.1) is 0 Å². The summed E-state index contributed by atoms with van der Waals surface area (Å²) in [7, 11) is 1.70. The standard InChI is InChI=1S/C18H25ClN2O2/c1-13(22)21-10-4-6-17(21)16-5-3-9-20(16)12-14-11-15(19)7-8-18(14)23-2/h7-8,11,16-17H,3-6,9-10,12H2,1-2H3/t16-,17-/m1/s1. The molecule has 23 heavy (non-hydrogen) atoms. The SMILES string of the molecule is COc1ccc(Cl)cc1CN1CCC[C@@H]1[C@H]1CCCN1C(C)=O. The zero-order valence-electron chi connectivity index (χ0n) is 13.9. The summed E-state index contributed by atoms with van der Waals surface area (Å²) in [6.07, 6.45) is 4.59. The van der Waals surface area contributed by atoms with Gasteiger partial charge < -0.3 is 9.64 Å². The monoisotopic (exact) mass is 336 g/mol. The van der Waals surface area contributed by atoms with Crippen LogP contribution in [0.2, 0.25) is 5.02 Å². The summed E-state index contributed by atoms with van der Waals surface area (Å²) in [5.74, 6) is 1.09. The summed E-state index contributed by atoms with van der Waals surface area (Å²) in [6.45, 7) is 4.50. The fourth-order valence-electron chi connectivity index (χ4n) is 4.16. The number of hydrogen-bond acceptors (Lipinski definition) is 3. The molecule has 0 aliphatic carbocycles. The Bertz CT molecular complexity index is 578. The predicted molar refractivity (Wildman–Crippen MR) is 91.8 cm³/mol. The Hall–Kier alpha value is -1.26. The van der Waals surface area contributed by atoms with Gasteiger partial charge in [0.05, 0.1) is 7.11 Å². The van der Waals surface area contributed by atoms with E-state index < -0.39 is 0 Å². The van der Waals surface area contributed by atoms with E-state index in [0.717, 1.165) is 55.2 Å². The average Bonchev–Trinajstić information content (AvgIpc) is 3.15. The van der Waals surface area contributed by atoms with E-state index in [1.54, 1.807) is 14.0 Å². The first-order chi connectivity index (χ1) is 11.1. The topological polar surface area (TPSA) is 32.8 Å². The van der Waals surface area contributed by atoms with E-state index in [1.807, 2.05) is 18.2 Å². The van der Waals surface area contributed by atoms with E-state index >= 15 is 0 Å². The molecule has 2 heterocycles. The van der Waals surface area contributed by atoms with Crippen LogP contribution < -0.4 is 4.74 Å². The minimum atomic E-state index is 0.208. The van der Waals surface area contributed by atoms with Gasteiger partial charge in [-0.2, -0.15) is 0 Å². The number of amides is 1. The number of carbonyl (C=O) groups is 1. The molecule has 1 amide bonds. The number of nitrogens with zero attached hydrogens (tertiary/aromatic N) is 2. The van der Waals surface area contributed by atoms with Gasteiger partial charge in [0.2, 0.25) is 5.91 Å². The van der Waals surface area contributed by atoms with Gasteiger partial charge in [0.25, 0.3) is 0 Å². The summed E-state index contributed by atoms with van der Waals surface area (Å²) < 4.78 is 5.48. The highest BCUT2D eigenvalue weighted by molar-refractivity contribution is 6.30. The molecular formula is C18H25ClN2O2. The van der Waals surface area contributed by atoms with Crippen molar-refractivity contribution in [2.24, 2.45) is 0 Å². The molecule has 0 N–H and O–H groups in total. The van der Waals surface area contributed by atoms with Gasteiger partial charge in [0.1, 0.15) is 5.75 Å². The minimum Gasteiger partial charge on any atom is -0.496 e. The molecule has 2 aliphatic heterocycles. The van der Waals surface area contributed by atoms with E-state index in [9.17, 15) is 4.79 Å². The van der Waals surface area contributed by atoms with E-state index in [0.29, 0.717) is 12.1 Å². The van der Waals surface area contributed by atoms with Crippen molar-refractivity contribution in [3.8, 4) is 5.75 Å². The van der Waals surface area contributed by atoms with Gasteiger partial charge in [0.15, 0.2) is 0 Å². The van der Waals surface area contributed by atoms with Crippen molar-refractivity contribution in [1.29, 1.82) is 0 Å². The molecule has 1 aromatic rings. The maximum absolute atomic E-state index is 11.9. The van der Waals surface area contributed by atoms with Gasteiger partial charge in [-0.3, -0.25) is 9.69 Å². The van der Waals surface area contributed by atoms with E-state index in [2.05, 4.69) is 9.80 Å². The molecule has 1 aromatic carbocycles.